The lowest BCUT2D eigenvalue weighted by molar-refractivity contribution is -0.138. The Hall–Kier alpha value is -1.14. The summed E-state index contributed by atoms with van der Waals surface area (Å²) in [6.45, 7) is 6.72. The molecule has 1 amide bonds. The van der Waals surface area contributed by atoms with Crippen LogP contribution in [0.15, 0.2) is 24.3 Å². The maximum atomic E-state index is 13.1. The largest absolute Gasteiger partial charge is 0.379 e. The molecule has 0 radical (unpaired) electrons. The molecule has 0 spiro atoms. The van der Waals surface area contributed by atoms with Crippen LogP contribution in [0.4, 0.5) is 0 Å². The maximum Gasteiger partial charge on any atom is 0.225 e. The fourth-order valence-corrected chi connectivity index (χ4v) is 4.67. The fraction of sp³-hybridized carbons (Fsp3) is 0.650. The van der Waals surface area contributed by atoms with E-state index in [1.54, 1.807) is 0 Å². The number of halogens is 1. The third-order valence-corrected chi connectivity index (χ3v) is 6.28. The molecule has 0 unspecified atom stereocenters. The molecular formula is C20H28ClN3O2. The molecule has 5 nitrogen and oxygen atoms in total. The Labute approximate surface area is 160 Å². The molecule has 3 saturated heterocycles. The zero-order valence-corrected chi connectivity index (χ0v) is 16.0. The van der Waals surface area contributed by atoms with Crippen LogP contribution in [-0.2, 0) is 16.1 Å². The number of nitrogens with one attached hydrogen (secondary N) is 1. The molecule has 26 heavy (non-hydrogen) atoms. The molecular weight excluding hydrogens is 350 g/mol. The summed E-state index contributed by atoms with van der Waals surface area (Å²) in [5, 5.41) is 4.17. The van der Waals surface area contributed by atoms with Crippen LogP contribution in [0.5, 0.6) is 0 Å². The molecule has 3 fully saturated rings. The highest BCUT2D eigenvalue weighted by molar-refractivity contribution is 6.31. The third kappa shape index (κ3) is 4.06. The summed E-state index contributed by atoms with van der Waals surface area (Å²) in [5.41, 5.74) is 1.15. The highest BCUT2D eigenvalue weighted by Crippen LogP contribution is 2.26. The van der Waals surface area contributed by atoms with E-state index < -0.39 is 0 Å². The van der Waals surface area contributed by atoms with E-state index in [0.29, 0.717) is 18.4 Å². The normalized spacial score (nSPS) is 28.0. The third-order valence-electron chi connectivity index (χ3n) is 5.91. The molecule has 3 aliphatic heterocycles. The lowest BCUT2D eigenvalue weighted by atomic mass is 9.96. The molecule has 0 saturated carbocycles. The van der Waals surface area contributed by atoms with E-state index in [1.165, 1.54) is 0 Å². The van der Waals surface area contributed by atoms with E-state index in [0.717, 1.165) is 69.3 Å². The first-order valence-electron chi connectivity index (χ1n) is 9.75. The molecule has 0 aromatic heterocycles. The molecule has 142 valence electrons. The average molecular weight is 378 g/mol. The van der Waals surface area contributed by atoms with Crippen molar-refractivity contribution >= 4 is 17.5 Å². The number of fused-ring (bicyclic) bond motifs is 3. The summed E-state index contributed by atoms with van der Waals surface area (Å²) in [4.78, 5) is 17.7. The van der Waals surface area contributed by atoms with Crippen LogP contribution in [0, 0.1) is 11.8 Å². The topological polar surface area (TPSA) is 44.8 Å². The van der Waals surface area contributed by atoms with Gasteiger partial charge in [-0.25, -0.2) is 0 Å². The van der Waals surface area contributed by atoms with Gasteiger partial charge in [0.2, 0.25) is 5.91 Å². The van der Waals surface area contributed by atoms with E-state index in [4.69, 9.17) is 16.3 Å². The SMILES string of the molecule is O=C(C1CCNCC1)N1C[C@@H]2COC[C@H](C1)N(Cc1ccccc1Cl)C2. The second kappa shape index (κ2) is 8.26. The van der Waals surface area contributed by atoms with Gasteiger partial charge in [-0.3, -0.25) is 9.69 Å². The Morgan fingerprint density at radius 1 is 1.15 bits per heavy atom. The van der Waals surface area contributed by atoms with Gasteiger partial charge in [0, 0.05) is 43.0 Å². The zero-order valence-electron chi connectivity index (χ0n) is 15.2. The molecule has 2 atom stereocenters. The minimum absolute atomic E-state index is 0.188. The highest BCUT2D eigenvalue weighted by atomic mass is 35.5. The Bertz CT molecular complexity index is 635. The van der Waals surface area contributed by atoms with Crippen LogP contribution in [0.2, 0.25) is 5.02 Å². The Morgan fingerprint density at radius 3 is 2.77 bits per heavy atom. The van der Waals surface area contributed by atoms with E-state index in [9.17, 15) is 4.79 Å². The van der Waals surface area contributed by atoms with E-state index in [-0.39, 0.29) is 12.0 Å². The van der Waals surface area contributed by atoms with Gasteiger partial charge in [-0.2, -0.15) is 0 Å². The summed E-state index contributed by atoms with van der Waals surface area (Å²) in [7, 11) is 0. The predicted molar refractivity (Wildman–Crippen MR) is 102 cm³/mol. The van der Waals surface area contributed by atoms with Crippen molar-refractivity contribution < 1.29 is 9.53 Å². The van der Waals surface area contributed by atoms with Crippen molar-refractivity contribution in [3.8, 4) is 0 Å². The number of nitrogens with zero attached hydrogens (tertiary/aromatic N) is 2. The molecule has 1 N–H and O–H groups in total. The number of piperidine rings is 1. The number of benzene rings is 1. The zero-order chi connectivity index (χ0) is 17.9. The van der Waals surface area contributed by atoms with Crippen LogP contribution in [0.3, 0.4) is 0 Å². The predicted octanol–water partition coefficient (Wildman–Crippen LogP) is 2.00. The maximum absolute atomic E-state index is 13.1. The van der Waals surface area contributed by atoms with Crippen molar-refractivity contribution in [1.29, 1.82) is 0 Å². The summed E-state index contributed by atoms with van der Waals surface area (Å²) in [6.07, 6.45) is 1.93. The Balaban J connectivity index is 1.48. The van der Waals surface area contributed by atoms with Crippen molar-refractivity contribution in [2.24, 2.45) is 11.8 Å². The standard InChI is InChI=1S/C20H28ClN3O2/c21-19-4-2-1-3-17(19)11-23-9-15-10-24(12-18(23)14-26-13-15)20(25)16-5-7-22-8-6-16/h1-4,15-16,18,22H,5-14H2/t15-,18+/m1/s1. The number of carbonyl (C=O) groups is 1. The second-order valence-electron chi connectivity index (χ2n) is 7.85. The number of rotatable bonds is 3. The smallest absolute Gasteiger partial charge is 0.225 e. The Morgan fingerprint density at radius 2 is 1.96 bits per heavy atom. The number of hydrogen-bond acceptors (Lipinski definition) is 4. The molecule has 6 heteroatoms. The molecule has 1 aromatic rings. The minimum Gasteiger partial charge on any atom is -0.379 e. The van der Waals surface area contributed by atoms with Gasteiger partial charge in [0.1, 0.15) is 0 Å². The summed E-state index contributed by atoms with van der Waals surface area (Å²) < 4.78 is 5.91. The van der Waals surface area contributed by atoms with Gasteiger partial charge in [0.05, 0.1) is 19.3 Å². The van der Waals surface area contributed by atoms with Crippen LogP contribution in [0.25, 0.3) is 0 Å². The quantitative estimate of drug-likeness (QED) is 0.875. The molecule has 2 bridgehead atoms. The van der Waals surface area contributed by atoms with E-state index in [1.807, 2.05) is 18.2 Å². The van der Waals surface area contributed by atoms with Crippen molar-refractivity contribution in [1.82, 2.24) is 15.1 Å². The summed E-state index contributed by atoms with van der Waals surface area (Å²) in [5.74, 6) is 0.909. The van der Waals surface area contributed by atoms with Crippen LogP contribution < -0.4 is 5.32 Å². The number of ether oxygens (including phenoxy) is 1. The monoisotopic (exact) mass is 377 g/mol. The van der Waals surface area contributed by atoms with Gasteiger partial charge in [-0.15, -0.1) is 0 Å². The lowest BCUT2D eigenvalue weighted by Crippen LogP contribution is -2.48. The van der Waals surface area contributed by atoms with Crippen molar-refractivity contribution in [3.63, 3.8) is 0 Å². The molecule has 3 heterocycles. The van der Waals surface area contributed by atoms with Gasteiger partial charge < -0.3 is 15.0 Å². The number of amides is 1. The van der Waals surface area contributed by atoms with Gasteiger partial charge >= 0.3 is 0 Å². The summed E-state index contributed by atoms with van der Waals surface area (Å²) >= 11 is 6.38. The number of carbonyl (C=O) groups excluding carboxylic acids is 1. The van der Waals surface area contributed by atoms with E-state index >= 15 is 0 Å². The molecule has 1 aromatic carbocycles. The van der Waals surface area contributed by atoms with Crippen LogP contribution in [-0.4, -0.2) is 67.7 Å². The Kier molecular flexibility index (Phi) is 5.79. The van der Waals surface area contributed by atoms with Gasteiger partial charge in [0.25, 0.3) is 0 Å². The lowest BCUT2D eigenvalue weighted by Gasteiger charge is -2.34. The minimum atomic E-state index is 0.188. The first-order valence-corrected chi connectivity index (χ1v) is 10.1. The molecule has 0 aliphatic carbocycles. The van der Waals surface area contributed by atoms with Crippen LogP contribution >= 0.6 is 11.6 Å². The van der Waals surface area contributed by atoms with Crippen molar-refractivity contribution in [2.45, 2.75) is 25.4 Å². The molecule has 3 aliphatic rings. The number of hydrogen-bond donors (Lipinski definition) is 1. The van der Waals surface area contributed by atoms with Gasteiger partial charge in [0.15, 0.2) is 0 Å². The molecule has 4 rings (SSSR count). The average Bonchev–Trinajstić information content (AvgIpc) is 2.94. The van der Waals surface area contributed by atoms with Gasteiger partial charge in [-0.05, 0) is 37.6 Å². The highest BCUT2D eigenvalue weighted by Gasteiger charge is 2.37. The first kappa shape index (κ1) is 18.2. The summed E-state index contributed by atoms with van der Waals surface area (Å²) in [6, 6.07) is 8.29. The first-order chi connectivity index (χ1) is 12.7. The van der Waals surface area contributed by atoms with E-state index in [2.05, 4.69) is 21.2 Å². The van der Waals surface area contributed by atoms with Crippen LogP contribution in [0.1, 0.15) is 18.4 Å². The van der Waals surface area contributed by atoms with Crippen molar-refractivity contribution in [3.05, 3.63) is 34.9 Å². The van der Waals surface area contributed by atoms with Crippen molar-refractivity contribution in [2.75, 3.05) is 45.9 Å². The second-order valence-corrected chi connectivity index (χ2v) is 8.25. The van der Waals surface area contributed by atoms with Gasteiger partial charge in [-0.1, -0.05) is 29.8 Å². The fourth-order valence-electron chi connectivity index (χ4n) is 4.47.